The van der Waals surface area contributed by atoms with Crippen molar-refractivity contribution in [1.29, 1.82) is 0 Å². The molecule has 2 heterocycles. The summed E-state index contributed by atoms with van der Waals surface area (Å²) in [5.41, 5.74) is 2.57. The predicted molar refractivity (Wildman–Crippen MR) is 90.9 cm³/mol. The Bertz CT molecular complexity index is 937. The summed E-state index contributed by atoms with van der Waals surface area (Å²) in [6, 6.07) is 7.86. The minimum Gasteiger partial charge on any atom is -0.496 e. The van der Waals surface area contributed by atoms with Gasteiger partial charge < -0.3 is 4.74 Å². The van der Waals surface area contributed by atoms with Crippen molar-refractivity contribution in [3.05, 3.63) is 47.3 Å². The fourth-order valence-corrected chi connectivity index (χ4v) is 3.58. The van der Waals surface area contributed by atoms with Crippen LogP contribution in [0, 0.1) is 0 Å². The monoisotopic (exact) mass is 340 g/mol. The van der Waals surface area contributed by atoms with Gasteiger partial charge in [-0.15, -0.1) is 5.10 Å². The Morgan fingerprint density at radius 2 is 2.12 bits per heavy atom. The molecule has 24 heavy (non-hydrogen) atoms. The van der Waals surface area contributed by atoms with Crippen molar-refractivity contribution in [2.75, 3.05) is 13.4 Å². The number of benzene rings is 1. The lowest BCUT2D eigenvalue weighted by atomic mass is 9.82. The van der Waals surface area contributed by atoms with E-state index >= 15 is 0 Å². The van der Waals surface area contributed by atoms with Crippen LogP contribution in [0.5, 0.6) is 5.75 Å². The molecule has 0 aliphatic heterocycles. The number of para-hydroxylation sites is 1. The molecule has 1 aliphatic rings. The first-order chi connectivity index (χ1) is 11.7. The van der Waals surface area contributed by atoms with Crippen LogP contribution in [0.1, 0.15) is 34.0 Å². The highest BCUT2D eigenvalue weighted by atomic mass is 32.2. The van der Waals surface area contributed by atoms with Gasteiger partial charge in [-0.3, -0.25) is 4.79 Å². The lowest BCUT2D eigenvalue weighted by molar-refractivity contribution is 0.0961. The van der Waals surface area contributed by atoms with Gasteiger partial charge in [0.1, 0.15) is 5.75 Å². The second-order valence-electron chi connectivity index (χ2n) is 5.70. The molecule has 1 aromatic carbocycles. The maximum atomic E-state index is 12.6. The minimum atomic E-state index is 0.0636. The molecule has 0 saturated heterocycles. The van der Waals surface area contributed by atoms with Gasteiger partial charge in [-0.1, -0.05) is 30.0 Å². The van der Waals surface area contributed by atoms with Crippen LogP contribution in [-0.4, -0.2) is 38.7 Å². The van der Waals surface area contributed by atoms with Crippen LogP contribution in [0.15, 0.2) is 35.6 Å². The second kappa shape index (κ2) is 5.90. The van der Waals surface area contributed by atoms with E-state index in [4.69, 9.17) is 4.74 Å². The Kier molecular flexibility index (Phi) is 3.72. The van der Waals surface area contributed by atoms with Gasteiger partial charge in [-0.25, -0.2) is 4.98 Å². The third kappa shape index (κ3) is 2.36. The molecule has 6 nitrogen and oxygen atoms in total. The molecule has 0 fully saturated rings. The first-order valence-electron chi connectivity index (χ1n) is 7.66. The summed E-state index contributed by atoms with van der Waals surface area (Å²) in [5.74, 6) is 1.50. The molecule has 1 aliphatic carbocycles. The summed E-state index contributed by atoms with van der Waals surface area (Å²) in [6.45, 7) is 0. The van der Waals surface area contributed by atoms with Gasteiger partial charge in [0.25, 0.3) is 5.78 Å². The summed E-state index contributed by atoms with van der Waals surface area (Å²) in [5, 5.41) is 5.13. The van der Waals surface area contributed by atoms with E-state index in [9.17, 15) is 4.79 Å². The van der Waals surface area contributed by atoms with Crippen LogP contribution in [0.3, 0.4) is 0 Å². The van der Waals surface area contributed by atoms with Crippen molar-refractivity contribution < 1.29 is 9.53 Å². The van der Waals surface area contributed by atoms with E-state index in [1.54, 1.807) is 17.8 Å². The summed E-state index contributed by atoms with van der Waals surface area (Å²) in [4.78, 5) is 21.3. The molecule has 0 amide bonds. The first-order valence-corrected chi connectivity index (χ1v) is 8.88. The molecular weight excluding hydrogens is 324 g/mol. The molecule has 1 atom stereocenters. The van der Waals surface area contributed by atoms with Crippen molar-refractivity contribution >= 4 is 23.3 Å². The average molecular weight is 340 g/mol. The smallest absolute Gasteiger partial charge is 0.253 e. The lowest BCUT2D eigenvalue weighted by Gasteiger charge is -2.25. The highest BCUT2D eigenvalue weighted by Gasteiger charge is 2.30. The van der Waals surface area contributed by atoms with Crippen molar-refractivity contribution in [3.63, 3.8) is 0 Å². The Labute approximate surface area is 143 Å². The maximum Gasteiger partial charge on any atom is 0.253 e. The van der Waals surface area contributed by atoms with Crippen molar-refractivity contribution in [1.82, 2.24) is 19.6 Å². The molecule has 4 rings (SSSR count). The summed E-state index contributed by atoms with van der Waals surface area (Å²) >= 11 is 1.46. The van der Waals surface area contributed by atoms with E-state index in [0.29, 0.717) is 29.3 Å². The van der Waals surface area contributed by atoms with Gasteiger partial charge in [-0.2, -0.15) is 9.50 Å². The topological polar surface area (TPSA) is 69.4 Å². The molecule has 3 aromatic rings. The van der Waals surface area contributed by atoms with Crippen LogP contribution >= 0.6 is 11.8 Å². The fraction of sp³-hybridized carbons (Fsp3) is 0.294. The number of carbonyl (C=O) groups is 1. The summed E-state index contributed by atoms with van der Waals surface area (Å²) in [7, 11) is 1.65. The zero-order chi connectivity index (χ0) is 16.7. The number of methoxy groups -OCH3 is 1. The number of thioether (sulfide) groups is 1. The number of hydrogen-bond donors (Lipinski definition) is 0. The van der Waals surface area contributed by atoms with Crippen LogP contribution < -0.4 is 4.74 Å². The maximum absolute atomic E-state index is 12.6. The largest absolute Gasteiger partial charge is 0.496 e. The molecule has 0 N–H and O–H groups in total. The van der Waals surface area contributed by atoms with E-state index in [2.05, 4.69) is 15.1 Å². The molecule has 122 valence electrons. The van der Waals surface area contributed by atoms with Crippen molar-refractivity contribution in [3.8, 4) is 5.75 Å². The van der Waals surface area contributed by atoms with Crippen molar-refractivity contribution in [2.45, 2.75) is 23.9 Å². The van der Waals surface area contributed by atoms with Gasteiger partial charge in [0, 0.05) is 18.5 Å². The third-order valence-electron chi connectivity index (χ3n) is 4.38. The van der Waals surface area contributed by atoms with E-state index < -0.39 is 0 Å². The number of fused-ring (bicyclic) bond motifs is 3. The van der Waals surface area contributed by atoms with E-state index in [1.165, 1.54) is 11.8 Å². The molecular formula is C17H16N4O2S. The highest BCUT2D eigenvalue weighted by molar-refractivity contribution is 7.98. The number of hydrogen-bond acceptors (Lipinski definition) is 6. The highest BCUT2D eigenvalue weighted by Crippen LogP contribution is 2.36. The van der Waals surface area contributed by atoms with Gasteiger partial charge in [0.2, 0.25) is 5.16 Å². The number of ether oxygens (including phenoxy) is 1. The van der Waals surface area contributed by atoms with Gasteiger partial charge in [0.05, 0.1) is 18.4 Å². The normalized spacial score (nSPS) is 17.1. The Hall–Kier alpha value is -2.41. The third-order valence-corrected chi connectivity index (χ3v) is 4.92. The van der Waals surface area contributed by atoms with Gasteiger partial charge in [-0.05, 0) is 24.3 Å². The quantitative estimate of drug-likeness (QED) is 0.683. The lowest BCUT2D eigenvalue weighted by Crippen LogP contribution is -2.22. The standard InChI is InChI=1S/C17H16N4O2S/c1-23-15-6-4-3-5-11(15)10-7-13-12(14(22)8-10)9-18-16-19-17(24-2)20-21(13)16/h3-6,9-10H,7-8H2,1-2H3. The SMILES string of the molecule is COc1ccccc1C1CC(=O)c2cnc3nc(SC)nn3c2C1. The second-order valence-corrected chi connectivity index (χ2v) is 6.47. The van der Waals surface area contributed by atoms with Crippen LogP contribution in [0.2, 0.25) is 0 Å². The fourth-order valence-electron chi connectivity index (χ4n) is 3.24. The number of carbonyl (C=O) groups excluding carboxylic acids is 1. The summed E-state index contributed by atoms with van der Waals surface area (Å²) < 4.78 is 7.18. The molecule has 1 unspecified atom stereocenters. The minimum absolute atomic E-state index is 0.0636. The summed E-state index contributed by atoms with van der Waals surface area (Å²) in [6.07, 6.45) is 4.70. The Morgan fingerprint density at radius 3 is 2.92 bits per heavy atom. The van der Waals surface area contributed by atoms with Crippen LogP contribution in [0.4, 0.5) is 0 Å². The number of Topliss-reactive ketones (excluding diaryl/α,β-unsaturated/α-hetero) is 1. The molecule has 0 saturated carbocycles. The number of nitrogens with zero attached hydrogens (tertiary/aromatic N) is 4. The van der Waals surface area contributed by atoms with E-state index in [-0.39, 0.29) is 11.7 Å². The predicted octanol–water partition coefficient (Wildman–Crippen LogP) is 2.77. The number of aromatic nitrogens is 4. The average Bonchev–Trinajstić information content (AvgIpc) is 3.05. The Balaban J connectivity index is 1.83. The zero-order valence-corrected chi connectivity index (χ0v) is 14.2. The van der Waals surface area contributed by atoms with Crippen LogP contribution in [-0.2, 0) is 6.42 Å². The Morgan fingerprint density at radius 1 is 1.29 bits per heavy atom. The van der Waals surface area contributed by atoms with Gasteiger partial charge in [0.15, 0.2) is 5.78 Å². The van der Waals surface area contributed by atoms with Crippen molar-refractivity contribution in [2.24, 2.45) is 0 Å². The molecule has 2 aromatic heterocycles. The molecule has 0 spiro atoms. The number of rotatable bonds is 3. The zero-order valence-electron chi connectivity index (χ0n) is 13.4. The molecule has 0 bridgehead atoms. The molecule has 0 radical (unpaired) electrons. The van der Waals surface area contributed by atoms with E-state index in [1.807, 2.05) is 30.5 Å². The van der Waals surface area contributed by atoms with Crippen LogP contribution in [0.25, 0.3) is 5.78 Å². The van der Waals surface area contributed by atoms with E-state index in [0.717, 1.165) is 17.0 Å². The first kappa shape index (κ1) is 15.1. The molecule has 7 heteroatoms. The number of ketones is 1. The van der Waals surface area contributed by atoms with Gasteiger partial charge >= 0.3 is 0 Å².